The van der Waals surface area contributed by atoms with E-state index in [1.807, 2.05) is 30.3 Å². The number of carbonyl (C=O) groups is 2. The minimum absolute atomic E-state index is 0.292. The third-order valence-corrected chi connectivity index (χ3v) is 7.28. The number of fused-ring (bicyclic) bond motifs is 1. The van der Waals surface area contributed by atoms with Gasteiger partial charge in [0.15, 0.2) is 0 Å². The molecule has 0 atom stereocenters. The second-order valence-electron chi connectivity index (χ2n) is 8.20. The molecule has 2 aliphatic heterocycles. The number of nitrogens with zero attached hydrogens (tertiary/aromatic N) is 3. The molecule has 5 rings (SSSR count). The Morgan fingerprint density at radius 1 is 1.15 bits per heavy atom. The van der Waals surface area contributed by atoms with Crippen LogP contribution in [-0.4, -0.2) is 53.8 Å². The number of pyridine rings is 1. The van der Waals surface area contributed by atoms with Gasteiger partial charge in [-0.3, -0.25) is 19.9 Å². The summed E-state index contributed by atoms with van der Waals surface area (Å²) in [6.07, 6.45) is 3.21. The second-order valence-corrected chi connectivity index (χ2v) is 9.62. The first-order valence-electron chi connectivity index (χ1n) is 11.0. The number of halogens is 2. The molecule has 6 nitrogen and oxygen atoms in total. The van der Waals surface area contributed by atoms with Crippen LogP contribution >= 0.6 is 23.4 Å². The molecule has 3 aromatic rings. The molecule has 2 aliphatic rings. The van der Waals surface area contributed by atoms with Crippen molar-refractivity contribution in [3.05, 3.63) is 63.9 Å². The van der Waals surface area contributed by atoms with Gasteiger partial charge in [0.1, 0.15) is 5.82 Å². The topological polar surface area (TPSA) is 65.5 Å². The Labute approximate surface area is 205 Å². The zero-order valence-electron chi connectivity index (χ0n) is 18.5. The lowest BCUT2D eigenvalue weighted by molar-refractivity contribution is -0.115. The van der Waals surface area contributed by atoms with Crippen molar-refractivity contribution in [3.63, 3.8) is 0 Å². The largest absolute Gasteiger partial charge is 0.367 e. The van der Waals surface area contributed by atoms with Crippen LogP contribution in [0.25, 0.3) is 28.1 Å². The zero-order chi connectivity index (χ0) is 23.8. The van der Waals surface area contributed by atoms with Crippen molar-refractivity contribution in [1.29, 1.82) is 0 Å². The zero-order valence-corrected chi connectivity index (χ0v) is 20.0. The summed E-state index contributed by atoms with van der Waals surface area (Å²) < 4.78 is 15.3. The van der Waals surface area contributed by atoms with Crippen LogP contribution in [-0.2, 0) is 4.79 Å². The van der Waals surface area contributed by atoms with E-state index in [0.29, 0.717) is 32.3 Å². The van der Waals surface area contributed by atoms with Gasteiger partial charge in [0, 0.05) is 43.3 Å². The van der Waals surface area contributed by atoms with E-state index in [9.17, 15) is 9.59 Å². The van der Waals surface area contributed by atoms with Crippen LogP contribution in [0, 0.1) is 5.82 Å². The van der Waals surface area contributed by atoms with Crippen LogP contribution in [0.2, 0.25) is 5.02 Å². The van der Waals surface area contributed by atoms with Crippen LogP contribution in [0.4, 0.5) is 14.9 Å². The maximum atomic E-state index is 15.3. The van der Waals surface area contributed by atoms with Crippen molar-refractivity contribution >= 4 is 57.2 Å². The summed E-state index contributed by atoms with van der Waals surface area (Å²) in [7, 11) is 0. The number of anilines is 1. The predicted octanol–water partition coefficient (Wildman–Crippen LogP) is 5.16. The fourth-order valence-electron chi connectivity index (χ4n) is 4.37. The molecule has 3 heterocycles. The Kier molecular flexibility index (Phi) is 6.29. The molecular weight excluding hydrogens is 475 g/mol. The third-order valence-electron chi connectivity index (χ3n) is 6.18. The number of benzene rings is 2. The Balaban J connectivity index is 1.52. The molecule has 0 bridgehead atoms. The standard InChI is InChI=1S/C25H22ClFN4O2S/c1-2-30-7-9-31(10-8-30)21-6-4-16(13-19(21)27)23-17-11-15(3-5-20(17)28-14-18(23)26)12-22-24(32)29-25(33)34-22/h3-6,11-14H,2,7-10H2,1H3,(H,29,32,33)/b22-12-. The molecule has 2 amide bonds. The number of amides is 2. The maximum Gasteiger partial charge on any atom is 0.290 e. The van der Waals surface area contributed by atoms with Crippen molar-refractivity contribution < 1.29 is 14.0 Å². The molecule has 0 saturated carbocycles. The van der Waals surface area contributed by atoms with Gasteiger partial charge in [0.25, 0.3) is 11.1 Å². The highest BCUT2D eigenvalue weighted by molar-refractivity contribution is 8.18. The lowest BCUT2D eigenvalue weighted by Crippen LogP contribution is -2.46. The van der Waals surface area contributed by atoms with Crippen LogP contribution in [0.1, 0.15) is 12.5 Å². The maximum absolute atomic E-state index is 15.3. The monoisotopic (exact) mass is 496 g/mol. The molecule has 9 heteroatoms. The Bertz CT molecular complexity index is 1340. The summed E-state index contributed by atoms with van der Waals surface area (Å²) in [5.74, 6) is -0.712. The lowest BCUT2D eigenvalue weighted by atomic mass is 9.98. The summed E-state index contributed by atoms with van der Waals surface area (Å²) in [6, 6.07) is 10.7. The fraction of sp³-hybridized carbons (Fsp3) is 0.240. The van der Waals surface area contributed by atoms with Gasteiger partial charge in [-0.25, -0.2) is 4.39 Å². The number of hydrogen-bond donors (Lipinski definition) is 1. The van der Waals surface area contributed by atoms with Gasteiger partial charge >= 0.3 is 0 Å². The number of nitrogens with one attached hydrogen (secondary N) is 1. The Morgan fingerprint density at radius 2 is 1.94 bits per heavy atom. The second kappa shape index (κ2) is 9.37. The van der Waals surface area contributed by atoms with Gasteiger partial charge in [-0.2, -0.15) is 0 Å². The first-order chi connectivity index (χ1) is 16.4. The number of aromatic nitrogens is 1. The minimum Gasteiger partial charge on any atom is -0.367 e. The molecule has 2 saturated heterocycles. The normalized spacial score (nSPS) is 18.2. The van der Waals surface area contributed by atoms with E-state index < -0.39 is 11.1 Å². The van der Waals surface area contributed by atoms with Gasteiger partial charge in [0.2, 0.25) is 0 Å². The number of likely N-dealkylation sites (N-methyl/N-ethyl adjacent to an activating group) is 1. The molecular formula is C25H22ClFN4O2S. The van der Waals surface area contributed by atoms with Crippen LogP contribution in [0.5, 0.6) is 0 Å². The van der Waals surface area contributed by atoms with Gasteiger partial charge < -0.3 is 9.80 Å². The molecule has 1 N–H and O–H groups in total. The number of piperazine rings is 1. The van der Waals surface area contributed by atoms with Gasteiger partial charge in [-0.15, -0.1) is 0 Å². The van der Waals surface area contributed by atoms with Crippen LogP contribution < -0.4 is 10.2 Å². The third kappa shape index (κ3) is 4.41. The molecule has 1 aromatic heterocycles. The summed E-state index contributed by atoms with van der Waals surface area (Å²) in [5, 5.41) is 3.00. The molecule has 0 spiro atoms. The average molecular weight is 497 g/mol. The SMILES string of the molecule is CCN1CCN(c2ccc(-c3c(Cl)cnc4ccc(/C=C5\SC(=O)NC5=O)cc34)cc2F)CC1. The summed E-state index contributed by atoms with van der Waals surface area (Å²) in [6.45, 7) is 6.54. The van der Waals surface area contributed by atoms with Gasteiger partial charge in [0.05, 0.1) is 21.1 Å². The quantitative estimate of drug-likeness (QED) is 0.503. The Morgan fingerprint density at radius 3 is 2.62 bits per heavy atom. The van der Waals surface area contributed by atoms with E-state index in [1.54, 1.807) is 12.3 Å². The van der Waals surface area contributed by atoms with Crippen LogP contribution in [0.15, 0.2) is 47.5 Å². The van der Waals surface area contributed by atoms with E-state index in [4.69, 9.17) is 11.6 Å². The summed E-state index contributed by atoms with van der Waals surface area (Å²) in [5.41, 5.74) is 3.33. The highest BCUT2D eigenvalue weighted by Gasteiger charge is 2.25. The molecule has 34 heavy (non-hydrogen) atoms. The first kappa shape index (κ1) is 22.8. The van der Waals surface area contributed by atoms with Gasteiger partial charge in [-0.05, 0) is 59.8 Å². The van der Waals surface area contributed by atoms with E-state index in [1.165, 1.54) is 6.07 Å². The molecule has 2 fully saturated rings. The van der Waals surface area contributed by atoms with E-state index >= 15 is 4.39 Å². The lowest BCUT2D eigenvalue weighted by Gasteiger charge is -2.35. The van der Waals surface area contributed by atoms with E-state index in [-0.39, 0.29) is 5.82 Å². The molecule has 2 aromatic carbocycles. The van der Waals surface area contributed by atoms with Crippen molar-refractivity contribution in [3.8, 4) is 11.1 Å². The molecule has 174 valence electrons. The van der Waals surface area contributed by atoms with Crippen molar-refractivity contribution in [2.24, 2.45) is 0 Å². The predicted molar refractivity (Wildman–Crippen MR) is 136 cm³/mol. The number of rotatable bonds is 4. The number of thioether (sulfide) groups is 1. The average Bonchev–Trinajstić information content (AvgIpc) is 3.15. The smallest absolute Gasteiger partial charge is 0.290 e. The number of carbonyl (C=O) groups excluding carboxylic acids is 2. The number of imide groups is 1. The fourth-order valence-corrected chi connectivity index (χ4v) is 5.31. The molecule has 0 aliphatic carbocycles. The highest BCUT2D eigenvalue weighted by atomic mass is 35.5. The first-order valence-corrected chi connectivity index (χ1v) is 12.2. The van der Waals surface area contributed by atoms with E-state index in [0.717, 1.165) is 55.4 Å². The van der Waals surface area contributed by atoms with Crippen molar-refractivity contribution in [2.75, 3.05) is 37.6 Å². The number of hydrogen-bond acceptors (Lipinski definition) is 6. The summed E-state index contributed by atoms with van der Waals surface area (Å²) >= 11 is 7.41. The minimum atomic E-state index is -0.419. The summed E-state index contributed by atoms with van der Waals surface area (Å²) in [4.78, 5) is 32.5. The van der Waals surface area contributed by atoms with Crippen LogP contribution in [0.3, 0.4) is 0 Å². The van der Waals surface area contributed by atoms with Crippen molar-refractivity contribution in [1.82, 2.24) is 15.2 Å². The van der Waals surface area contributed by atoms with E-state index in [2.05, 4.69) is 27.0 Å². The molecule has 0 radical (unpaired) electrons. The van der Waals surface area contributed by atoms with Crippen molar-refractivity contribution in [2.45, 2.75) is 6.92 Å². The molecule has 0 unspecified atom stereocenters. The van der Waals surface area contributed by atoms with Gasteiger partial charge in [-0.1, -0.05) is 30.7 Å². The Hall–Kier alpha value is -2.94. The highest BCUT2D eigenvalue weighted by Crippen LogP contribution is 2.37.